The van der Waals surface area contributed by atoms with Crippen LogP contribution in [0.3, 0.4) is 0 Å². The van der Waals surface area contributed by atoms with Gasteiger partial charge in [0.15, 0.2) is 6.61 Å². The van der Waals surface area contributed by atoms with E-state index >= 15 is 0 Å². The average molecular weight is 419 g/mol. The quantitative estimate of drug-likeness (QED) is 0.704. The number of amides is 1. The van der Waals surface area contributed by atoms with Crippen LogP contribution in [0.25, 0.3) is 0 Å². The Hall–Kier alpha value is -2.38. The molecule has 6 nitrogen and oxygen atoms in total. The molecule has 0 fully saturated rings. The van der Waals surface area contributed by atoms with E-state index in [9.17, 15) is 13.2 Å². The molecule has 0 saturated carbocycles. The molecule has 2 rings (SSSR count). The summed E-state index contributed by atoms with van der Waals surface area (Å²) in [5.74, 6) is 0.348. The molecule has 0 heterocycles. The van der Waals surface area contributed by atoms with Crippen LogP contribution in [0.1, 0.15) is 36.1 Å². The summed E-state index contributed by atoms with van der Waals surface area (Å²) in [6.45, 7) is 11.8. The zero-order valence-corrected chi connectivity index (χ0v) is 18.8. The Bertz CT molecular complexity index is 976. The second kappa shape index (κ2) is 9.41. The first kappa shape index (κ1) is 22.9. The minimum atomic E-state index is -3.61. The first-order valence-corrected chi connectivity index (χ1v) is 11.2. The number of hydrogen-bond acceptors (Lipinski definition) is 4. The Labute approximate surface area is 173 Å². The van der Waals surface area contributed by atoms with Crippen LogP contribution in [0, 0.1) is 27.7 Å². The number of carbonyl (C=O) groups excluding carboxylic acids is 1. The largest absolute Gasteiger partial charge is 0.483 e. The number of benzene rings is 2. The van der Waals surface area contributed by atoms with Crippen LogP contribution in [-0.2, 0) is 14.8 Å². The van der Waals surface area contributed by atoms with Gasteiger partial charge in [-0.25, -0.2) is 8.42 Å². The van der Waals surface area contributed by atoms with Crippen LogP contribution in [-0.4, -0.2) is 38.3 Å². The minimum absolute atomic E-state index is 0.156. The minimum Gasteiger partial charge on any atom is -0.483 e. The van der Waals surface area contributed by atoms with E-state index in [1.54, 1.807) is 19.9 Å². The van der Waals surface area contributed by atoms with Crippen molar-refractivity contribution in [2.75, 3.05) is 25.0 Å². The Morgan fingerprint density at radius 1 is 1.00 bits per heavy atom. The number of nitrogens with one attached hydrogen (secondary N) is 1. The monoisotopic (exact) mass is 418 g/mol. The van der Waals surface area contributed by atoms with Gasteiger partial charge in [0, 0.05) is 18.8 Å². The Morgan fingerprint density at radius 2 is 1.59 bits per heavy atom. The molecule has 0 radical (unpaired) electrons. The van der Waals surface area contributed by atoms with E-state index < -0.39 is 10.0 Å². The third-order valence-electron chi connectivity index (χ3n) is 5.01. The van der Waals surface area contributed by atoms with Crippen molar-refractivity contribution in [1.82, 2.24) is 4.31 Å². The molecule has 1 N–H and O–H groups in total. The molecule has 0 atom stereocenters. The average Bonchev–Trinajstić information content (AvgIpc) is 2.65. The molecule has 2 aromatic rings. The van der Waals surface area contributed by atoms with Crippen LogP contribution in [0.5, 0.6) is 5.75 Å². The molecule has 1 amide bonds. The SMILES string of the molecule is CCN(CC)S(=O)(=O)c1cc(C)c(C)c(NC(=O)COc2c(C)cccc2C)c1. The lowest BCUT2D eigenvalue weighted by Crippen LogP contribution is -2.31. The molecule has 0 saturated heterocycles. The summed E-state index contributed by atoms with van der Waals surface area (Å²) in [6.07, 6.45) is 0. The fourth-order valence-electron chi connectivity index (χ4n) is 3.17. The van der Waals surface area contributed by atoms with Gasteiger partial charge in [0.25, 0.3) is 5.91 Å². The van der Waals surface area contributed by atoms with Crippen molar-refractivity contribution >= 4 is 21.6 Å². The third-order valence-corrected chi connectivity index (χ3v) is 7.04. The highest BCUT2D eigenvalue weighted by Gasteiger charge is 2.23. The van der Waals surface area contributed by atoms with E-state index in [4.69, 9.17) is 4.74 Å². The molecule has 0 unspecified atom stereocenters. The van der Waals surface area contributed by atoms with E-state index in [0.29, 0.717) is 24.5 Å². The fraction of sp³-hybridized carbons (Fsp3) is 0.409. The highest BCUT2D eigenvalue weighted by molar-refractivity contribution is 7.89. The van der Waals surface area contributed by atoms with Gasteiger partial charge in [0.1, 0.15) is 5.75 Å². The fourth-order valence-corrected chi connectivity index (χ4v) is 4.74. The van der Waals surface area contributed by atoms with E-state index in [1.165, 1.54) is 10.4 Å². The summed E-state index contributed by atoms with van der Waals surface area (Å²) in [4.78, 5) is 12.7. The summed E-state index contributed by atoms with van der Waals surface area (Å²) in [6, 6.07) is 8.95. The maximum atomic E-state index is 12.9. The number of hydrogen-bond donors (Lipinski definition) is 1. The zero-order chi connectivity index (χ0) is 21.8. The maximum absolute atomic E-state index is 12.9. The maximum Gasteiger partial charge on any atom is 0.262 e. The zero-order valence-electron chi connectivity index (χ0n) is 18.0. The van der Waals surface area contributed by atoms with Crippen molar-refractivity contribution in [2.45, 2.75) is 46.4 Å². The normalized spacial score (nSPS) is 11.6. The van der Waals surface area contributed by atoms with Crippen LogP contribution in [0.15, 0.2) is 35.2 Å². The van der Waals surface area contributed by atoms with Crippen molar-refractivity contribution in [3.63, 3.8) is 0 Å². The highest BCUT2D eigenvalue weighted by atomic mass is 32.2. The smallest absolute Gasteiger partial charge is 0.262 e. The second-order valence-electron chi connectivity index (χ2n) is 7.06. The number of aryl methyl sites for hydroxylation is 3. The summed E-state index contributed by atoms with van der Waals surface area (Å²) >= 11 is 0. The van der Waals surface area contributed by atoms with Gasteiger partial charge in [-0.1, -0.05) is 32.0 Å². The number of para-hydroxylation sites is 1. The summed E-state index contributed by atoms with van der Waals surface area (Å²) < 4.78 is 32.8. The molecule has 29 heavy (non-hydrogen) atoms. The molecule has 158 valence electrons. The topological polar surface area (TPSA) is 75.7 Å². The van der Waals surface area contributed by atoms with E-state index in [0.717, 1.165) is 22.3 Å². The third kappa shape index (κ3) is 5.16. The van der Waals surface area contributed by atoms with Crippen LogP contribution in [0.4, 0.5) is 5.69 Å². The molecule has 0 aliphatic heterocycles. The molecular weight excluding hydrogens is 388 g/mol. The van der Waals surface area contributed by atoms with E-state index in [-0.39, 0.29) is 17.4 Å². The number of anilines is 1. The molecular formula is C22H30N2O4S. The Morgan fingerprint density at radius 3 is 2.14 bits per heavy atom. The number of sulfonamides is 1. The predicted molar refractivity (Wildman–Crippen MR) is 116 cm³/mol. The van der Waals surface area contributed by atoms with Crippen LogP contribution >= 0.6 is 0 Å². The van der Waals surface area contributed by atoms with Crippen LogP contribution < -0.4 is 10.1 Å². The lowest BCUT2D eigenvalue weighted by molar-refractivity contribution is -0.118. The van der Waals surface area contributed by atoms with Crippen molar-refractivity contribution in [3.8, 4) is 5.75 Å². The molecule has 0 spiro atoms. The number of nitrogens with zero attached hydrogens (tertiary/aromatic N) is 1. The van der Waals surface area contributed by atoms with Crippen molar-refractivity contribution in [1.29, 1.82) is 0 Å². The molecule has 0 aliphatic carbocycles. The summed E-state index contributed by atoms with van der Waals surface area (Å²) in [7, 11) is -3.61. The molecule has 0 aliphatic rings. The lowest BCUT2D eigenvalue weighted by atomic mass is 10.1. The number of rotatable bonds is 8. The Balaban J connectivity index is 2.24. The van der Waals surface area contributed by atoms with Gasteiger partial charge in [-0.15, -0.1) is 0 Å². The van der Waals surface area contributed by atoms with Gasteiger partial charge >= 0.3 is 0 Å². The molecule has 0 bridgehead atoms. The number of ether oxygens (including phenoxy) is 1. The van der Waals surface area contributed by atoms with Crippen molar-refractivity contribution in [2.24, 2.45) is 0 Å². The van der Waals surface area contributed by atoms with E-state index in [2.05, 4.69) is 5.32 Å². The predicted octanol–water partition coefficient (Wildman–Crippen LogP) is 3.97. The van der Waals surface area contributed by atoms with Crippen LogP contribution in [0.2, 0.25) is 0 Å². The summed E-state index contributed by atoms with van der Waals surface area (Å²) in [5.41, 5.74) is 4.01. The Kier molecular flexibility index (Phi) is 7.43. The standard InChI is InChI=1S/C22H30N2O4S/c1-7-24(8-2)29(26,27)19-12-17(5)18(6)20(13-19)23-21(25)14-28-22-15(3)10-9-11-16(22)4/h9-13H,7-8,14H2,1-6H3,(H,23,25). The first-order chi connectivity index (χ1) is 13.6. The van der Waals surface area contributed by atoms with Gasteiger partial charge in [-0.2, -0.15) is 4.31 Å². The van der Waals surface area contributed by atoms with Gasteiger partial charge in [-0.05, 0) is 62.1 Å². The first-order valence-electron chi connectivity index (χ1n) is 9.72. The summed E-state index contributed by atoms with van der Waals surface area (Å²) in [5, 5.41) is 2.80. The molecule has 0 aromatic heterocycles. The lowest BCUT2D eigenvalue weighted by Gasteiger charge is -2.20. The van der Waals surface area contributed by atoms with Crippen molar-refractivity contribution < 1.29 is 17.9 Å². The molecule has 2 aromatic carbocycles. The van der Waals surface area contributed by atoms with Crippen molar-refractivity contribution in [3.05, 3.63) is 52.6 Å². The van der Waals surface area contributed by atoms with E-state index in [1.807, 2.05) is 45.9 Å². The second-order valence-corrected chi connectivity index (χ2v) is 9.00. The number of carbonyl (C=O) groups is 1. The van der Waals surface area contributed by atoms with Gasteiger partial charge < -0.3 is 10.1 Å². The molecule has 7 heteroatoms. The highest BCUT2D eigenvalue weighted by Crippen LogP contribution is 2.27. The van der Waals surface area contributed by atoms with Gasteiger partial charge in [0.05, 0.1) is 4.90 Å². The van der Waals surface area contributed by atoms with Gasteiger partial charge in [-0.3, -0.25) is 4.79 Å². The van der Waals surface area contributed by atoms with Gasteiger partial charge in [0.2, 0.25) is 10.0 Å².